The van der Waals surface area contributed by atoms with Gasteiger partial charge < -0.3 is 9.64 Å². The maximum atomic E-state index is 12.8. The molecule has 2 fully saturated rings. The van der Waals surface area contributed by atoms with E-state index in [0.29, 0.717) is 11.6 Å². The average molecular weight is 354 g/mol. The van der Waals surface area contributed by atoms with Gasteiger partial charge in [-0.3, -0.25) is 14.2 Å². The molecule has 2 aromatic rings. The molecule has 0 spiro atoms. The van der Waals surface area contributed by atoms with Crippen molar-refractivity contribution in [3.8, 4) is 5.88 Å². The second-order valence-corrected chi connectivity index (χ2v) is 7.06. The average Bonchev–Trinajstić information content (AvgIpc) is 2.89. The first-order valence-electron chi connectivity index (χ1n) is 9.02. The van der Waals surface area contributed by atoms with Crippen molar-refractivity contribution in [2.75, 3.05) is 0 Å². The van der Waals surface area contributed by atoms with Crippen LogP contribution in [0.2, 0.25) is 0 Å². The van der Waals surface area contributed by atoms with Crippen molar-refractivity contribution in [1.29, 1.82) is 0 Å². The molecule has 2 aliphatic heterocycles. The summed E-state index contributed by atoms with van der Waals surface area (Å²) in [5.74, 6) is 0.621. The molecule has 4 heterocycles. The number of ether oxygens (including phenoxy) is 1. The molecule has 2 unspecified atom stereocenters. The van der Waals surface area contributed by atoms with Crippen molar-refractivity contribution in [2.24, 2.45) is 0 Å². The molecule has 2 saturated heterocycles. The summed E-state index contributed by atoms with van der Waals surface area (Å²) in [6, 6.07) is 7.42. The Kier molecular flexibility index (Phi) is 4.44. The molecular weight excluding hydrogens is 332 g/mol. The zero-order chi connectivity index (χ0) is 18.1. The molecular formula is C19H22N4O3. The van der Waals surface area contributed by atoms with Gasteiger partial charge in [0, 0.05) is 48.9 Å². The minimum Gasteiger partial charge on any atom is -0.474 e. The number of hydrogen-bond acceptors (Lipinski definition) is 5. The van der Waals surface area contributed by atoms with Crippen LogP contribution in [-0.2, 0) is 11.3 Å². The van der Waals surface area contributed by atoms with Gasteiger partial charge in [-0.05, 0) is 25.8 Å². The molecule has 7 heteroatoms. The van der Waals surface area contributed by atoms with Crippen LogP contribution >= 0.6 is 0 Å². The largest absolute Gasteiger partial charge is 0.474 e. The maximum absolute atomic E-state index is 12.8. The first-order chi connectivity index (χ1) is 12.6. The molecule has 0 aliphatic carbocycles. The molecule has 0 aromatic carbocycles. The highest BCUT2D eigenvalue weighted by atomic mass is 16.5. The van der Waals surface area contributed by atoms with E-state index >= 15 is 0 Å². The standard InChI is InChI=1S/C19H22N4O3/c1-13-8-18(24)22(12-21-13)11-19(25)23-14-5-6-15(23)10-16(9-14)26-17-4-2-3-7-20-17/h2-4,7-8,12,14-16H,5-6,9-11H2,1H3. The van der Waals surface area contributed by atoms with Crippen LogP contribution in [0.15, 0.2) is 41.6 Å². The van der Waals surface area contributed by atoms with Gasteiger partial charge in [-0.2, -0.15) is 0 Å². The van der Waals surface area contributed by atoms with Gasteiger partial charge in [0.05, 0.1) is 6.33 Å². The summed E-state index contributed by atoms with van der Waals surface area (Å²) in [5, 5.41) is 0. The molecule has 4 rings (SSSR count). The number of pyridine rings is 1. The Bertz CT molecular complexity index is 837. The second kappa shape index (κ2) is 6.90. The van der Waals surface area contributed by atoms with E-state index < -0.39 is 0 Å². The Morgan fingerprint density at radius 2 is 2.00 bits per heavy atom. The third kappa shape index (κ3) is 3.34. The van der Waals surface area contributed by atoms with Crippen molar-refractivity contribution in [1.82, 2.24) is 19.4 Å². The van der Waals surface area contributed by atoms with Gasteiger partial charge in [-0.25, -0.2) is 9.97 Å². The minimum absolute atomic E-state index is 0.0125. The predicted molar refractivity (Wildman–Crippen MR) is 94.8 cm³/mol. The number of nitrogens with zero attached hydrogens (tertiary/aromatic N) is 4. The highest BCUT2D eigenvalue weighted by molar-refractivity contribution is 5.77. The maximum Gasteiger partial charge on any atom is 0.253 e. The molecule has 2 bridgehead atoms. The van der Waals surface area contributed by atoms with Gasteiger partial charge in [0.15, 0.2) is 0 Å². The number of carbonyl (C=O) groups excluding carboxylic acids is 1. The normalized spacial score (nSPS) is 24.5. The summed E-state index contributed by atoms with van der Waals surface area (Å²) in [7, 11) is 0. The molecule has 2 atom stereocenters. The van der Waals surface area contributed by atoms with E-state index in [1.165, 1.54) is 17.0 Å². The smallest absolute Gasteiger partial charge is 0.253 e. The van der Waals surface area contributed by atoms with Gasteiger partial charge >= 0.3 is 0 Å². The lowest BCUT2D eigenvalue weighted by atomic mass is 9.99. The third-order valence-corrected chi connectivity index (χ3v) is 5.22. The van der Waals surface area contributed by atoms with Crippen LogP contribution in [0.1, 0.15) is 31.4 Å². The van der Waals surface area contributed by atoms with Crippen molar-refractivity contribution >= 4 is 5.91 Å². The fraction of sp³-hybridized carbons (Fsp3) is 0.474. The summed E-state index contributed by atoms with van der Waals surface area (Å²) < 4.78 is 7.38. The van der Waals surface area contributed by atoms with Crippen LogP contribution in [0.25, 0.3) is 0 Å². The summed E-state index contributed by atoms with van der Waals surface area (Å²) in [4.78, 5) is 35.1. The second-order valence-electron chi connectivity index (χ2n) is 7.06. The van der Waals surface area contributed by atoms with E-state index in [4.69, 9.17) is 4.74 Å². The van der Waals surface area contributed by atoms with Crippen LogP contribution in [0, 0.1) is 6.92 Å². The first kappa shape index (κ1) is 16.8. The van der Waals surface area contributed by atoms with Crippen molar-refractivity contribution in [2.45, 2.75) is 57.3 Å². The SMILES string of the molecule is Cc1cc(=O)n(CC(=O)N2C3CCC2CC(Oc2ccccn2)C3)cn1. The van der Waals surface area contributed by atoms with Crippen molar-refractivity contribution in [3.05, 3.63) is 52.8 Å². The predicted octanol–water partition coefficient (Wildman–Crippen LogP) is 1.55. The van der Waals surface area contributed by atoms with Crippen molar-refractivity contribution < 1.29 is 9.53 Å². The molecule has 0 N–H and O–H groups in total. The lowest BCUT2D eigenvalue weighted by Gasteiger charge is -2.38. The minimum atomic E-state index is -0.188. The highest BCUT2D eigenvalue weighted by Gasteiger charge is 2.44. The van der Waals surface area contributed by atoms with E-state index in [1.807, 2.05) is 23.1 Å². The molecule has 136 valence electrons. The first-order valence-corrected chi connectivity index (χ1v) is 9.02. The Morgan fingerprint density at radius 3 is 2.65 bits per heavy atom. The molecule has 2 aliphatic rings. The number of carbonyl (C=O) groups is 1. The van der Waals surface area contributed by atoms with Crippen LogP contribution in [0.4, 0.5) is 0 Å². The van der Waals surface area contributed by atoms with E-state index in [1.54, 1.807) is 13.1 Å². The Labute approximate surface area is 151 Å². The number of rotatable bonds is 4. The van der Waals surface area contributed by atoms with Crippen LogP contribution in [-0.4, -0.2) is 43.5 Å². The van der Waals surface area contributed by atoms with Crippen LogP contribution in [0.5, 0.6) is 5.88 Å². The fourth-order valence-electron chi connectivity index (χ4n) is 4.08. The van der Waals surface area contributed by atoms with E-state index in [0.717, 1.165) is 25.7 Å². The lowest BCUT2D eigenvalue weighted by Crippen LogP contribution is -2.50. The third-order valence-electron chi connectivity index (χ3n) is 5.22. The van der Waals surface area contributed by atoms with Gasteiger partial charge in [0.25, 0.3) is 5.56 Å². The van der Waals surface area contributed by atoms with Gasteiger partial charge in [-0.1, -0.05) is 6.07 Å². The summed E-state index contributed by atoms with van der Waals surface area (Å²) in [6.45, 7) is 1.81. The summed E-state index contributed by atoms with van der Waals surface area (Å²) in [6.07, 6.45) is 6.83. The van der Waals surface area contributed by atoms with Crippen LogP contribution < -0.4 is 10.3 Å². The quantitative estimate of drug-likeness (QED) is 0.832. The van der Waals surface area contributed by atoms with E-state index in [9.17, 15) is 9.59 Å². The Hall–Kier alpha value is -2.70. The Morgan fingerprint density at radius 1 is 1.23 bits per heavy atom. The molecule has 2 aromatic heterocycles. The zero-order valence-corrected chi connectivity index (χ0v) is 14.7. The number of amides is 1. The number of aryl methyl sites for hydroxylation is 1. The van der Waals surface area contributed by atoms with Crippen molar-refractivity contribution in [3.63, 3.8) is 0 Å². The van der Waals surface area contributed by atoms with Gasteiger partial charge in [0.1, 0.15) is 12.6 Å². The Balaban J connectivity index is 1.43. The molecule has 0 saturated carbocycles. The molecule has 1 amide bonds. The van der Waals surface area contributed by atoms with E-state index in [-0.39, 0.29) is 36.2 Å². The molecule has 7 nitrogen and oxygen atoms in total. The topological polar surface area (TPSA) is 77.3 Å². The summed E-state index contributed by atoms with van der Waals surface area (Å²) >= 11 is 0. The fourth-order valence-corrected chi connectivity index (χ4v) is 4.08. The van der Waals surface area contributed by atoms with Gasteiger partial charge in [-0.15, -0.1) is 0 Å². The number of piperidine rings is 1. The van der Waals surface area contributed by atoms with Crippen LogP contribution in [0.3, 0.4) is 0 Å². The molecule has 0 radical (unpaired) electrons. The number of hydrogen-bond donors (Lipinski definition) is 0. The van der Waals surface area contributed by atoms with E-state index in [2.05, 4.69) is 9.97 Å². The zero-order valence-electron chi connectivity index (χ0n) is 14.7. The van der Waals surface area contributed by atoms with Gasteiger partial charge in [0.2, 0.25) is 11.8 Å². The number of fused-ring (bicyclic) bond motifs is 2. The highest BCUT2D eigenvalue weighted by Crippen LogP contribution is 2.37. The molecule has 26 heavy (non-hydrogen) atoms. The summed E-state index contributed by atoms with van der Waals surface area (Å²) in [5.41, 5.74) is 0.470. The number of aromatic nitrogens is 3. The monoisotopic (exact) mass is 354 g/mol. The lowest BCUT2D eigenvalue weighted by molar-refractivity contribution is -0.137.